The number of rotatable bonds is 2. The van der Waals surface area contributed by atoms with Gasteiger partial charge in [0.05, 0.1) is 11.3 Å². The minimum Gasteiger partial charge on any atom is -0.256 e. The molecule has 19 heavy (non-hydrogen) atoms. The van der Waals surface area contributed by atoms with Gasteiger partial charge in [0, 0.05) is 11.2 Å². The van der Waals surface area contributed by atoms with Crippen LogP contribution in [0.1, 0.15) is 11.1 Å². The molecular formula is C14H9ClF3N. The van der Waals surface area contributed by atoms with Crippen molar-refractivity contribution in [3.05, 3.63) is 64.7 Å². The molecule has 0 aliphatic carbocycles. The van der Waals surface area contributed by atoms with Gasteiger partial charge < -0.3 is 0 Å². The van der Waals surface area contributed by atoms with Gasteiger partial charge in [-0.2, -0.15) is 13.2 Å². The van der Waals surface area contributed by atoms with Crippen molar-refractivity contribution in [2.45, 2.75) is 6.18 Å². The van der Waals surface area contributed by atoms with Crippen LogP contribution in [0, 0.1) is 0 Å². The Bertz CT molecular complexity index is 606. The summed E-state index contributed by atoms with van der Waals surface area (Å²) >= 11 is 5.80. The molecule has 0 N–H and O–H groups in total. The molecule has 0 aliphatic heterocycles. The van der Waals surface area contributed by atoms with Gasteiger partial charge >= 0.3 is 6.18 Å². The first kappa shape index (κ1) is 13.6. The van der Waals surface area contributed by atoms with Crippen molar-refractivity contribution in [2.75, 3.05) is 0 Å². The summed E-state index contributed by atoms with van der Waals surface area (Å²) in [5.41, 5.74) is 0.257. The third kappa shape index (κ3) is 3.83. The lowest BCUT2D eigenvalue weighted by Gasteiger charge is -2.06. The fraction of sp³-hybridized carbons (Fsp3) is 0.0714. The van der Waals surface area contributed by atoms with Crippen molar-refractivity contribution < 1.29 is 13.2 Å². The average Bonchev–Trinajstić information content (AvgIpc) is 2.36. The van der Waals surface area contributed by atoms with E-state index in [1.807, 2.05) is 0 Å². The number of benzene rings is 2. The lowest BCUT2D eigenvalue weighted by Crippen LogP contribution is -2.03. The zero-order chi connectivity index (χ0) is 13.9. The van der Waals surface area contributed by atoms with E-state index in [0.29, 0.717) is 5.02 Å². The predicted octanol–water partition coefficient (Wildman–Crippen LogP) is 5.11. The molecule has 0 saturated carbocycles. The van der Waals surface area contributed by atoms with Gasteiger partial charge in [0.1, 0.15) is 0 Å². The van der Waals surface area contributed by atoms with Crippen molar-refractivity contribution >= 4 is 23.5 Å². The molecule has 0 radical (unpaired) electrons. The summed E-state index contributed by atoms with van der Waals surface area (Å²) in [6.07, 6.45) is -2.89. The van der Waals surface area contributed by atoms with Crippen molar-refractivity contribution in [2.24, 2.45) is 4.99 Å². The maximum absolute atomic E-state index is 12.5. The maximum Gasteiger partial charge on any atom is 0.416 e. The van der Waals surface area contributed by atoms with E-state index in [2.05, 4.69) is 4.99 Å². The summed E-state index contributed by atoms with van der Waals surface area (Å²) in [6.45, 7) is 0. The predicted molar refractivity (Wildman–Crippen MR) is 70.2 cm³/mol. The van der Waals surface area contributed by atoms with Crippen LogP contribution in [-0.4, -0.2) is 6.21 Å². The van der Waals surface area contributed by atoms with Crippen molar-refractivity contribution in [3.8, 4) is 0 Å². The van der Waals surface area contributed by atoms with Gasteiger partial charge in [-0.1, -0.05) is 29.8 Å². The summed E-state index contributed by atoms with van der Waals surface area (Å²) in [7, 11) is 0. The van der Waals surface area contributed by atoms with E-state index in [-0.39, 0.29) is 5.69 Å². The number of aliphatic imine (C=N–C) groups is 1. The largest absolute Gasteiger partial charge is 0.416 e. The zero-order valence-corrected chi connectivity index (χ0v) is 10.4. The monoisotopic (exact) mass is 283 g/mol. The summed E-state index contributed by atoms with van der Waals surface area (Å²) in [6, 6.07) is 11.8. The SMILES string of the molecule is FC(F)(F)c1cccc(N=Cc2cccc(Cl)c2)c1. The third-order valence-corrected chi connectivity index (χ3v) is 2.62. The lowest BCUT2D eigenvalue weighted by molar-refractivity contribution is -0.137. The molecule has 2 aromatic carbocycles. The zero-order valence-electron chi connectivity index (χ0n) is 9.66. The van der Waals surface area contributed by atoms with Crippen molar-refractivity contribution in [3.63, 3.8) is 0 Å². The molecule has 0 bridgehead atoms. The Labute approximate surface area is 113 Å². The quantitative estimate of drug-likeness (QED) is 0.679. The molecule has 0 aromatic heterocycles. The minimum atomic E-state index is -4.36. The Balaban J connectivity index is 2.24. The highest BCUT2D eigenvalue weighted by molar-refractivity contribution is 6.30. The van der Waals surface area contributed by atoms with Gasteiger partial charge in [-0.3, -0.25) is 4.99 Å². The molecule has 2 rings (SSSR count). The van der Waals surface area contributed by atoms with Gasteiger partial charge in [0.25, 0.3) is 0 Å². The van der Waals surface area contributed by atoms with E-state index < -0.39 is 11.7 Å². The van der Waals surface area contributed by atoms with Gasteiger partial charge in [0.2, 0.25) is 0 Å². The molecule has 1 nitrogen and oxygen atoms in total. The molecule has 0 aliphatic rings. The van der Waals surface area contributed by atoms with Crippen LogP contribution >= 0.6 is 11.6 Å². The summed E-state index contributed by atoms with van der Waals surface area (Å²) in [4.78, 5) is 4.01. The Kier molecular flexibility index (Phi) is 3.90. The second-order valence-electron chi connectivity index (χ2n) is 3.86. The normalized spacial score (nSPS) is 12.0. The van der Waals surface area contributed by atoms with Gasteiger partial charge in [0.15, 0.2) is 0 Å². The Morgan fingerprint density at radius 2 is 1.74 bits per heavy atom. The van der Waals surface area contributed by atoms with E-state index in [4.69, 9.17) is 11.6 Å². The smallest absolute Gasteiger partial charge is 0.256 e. The highest BCUT2D eigenvalue weighted by Crippen LogP contribution is 2.31. The summed E-state index contributed by atoms with van der Waals surface area (Å²) in [5, 5.41) is 0.549. The van der Waals surface area contributed by atoms with E-state index in [0.717, 1.165) is 17.7 Å². The first-order chi connectivity index (χ1) is 8.95. The number of nitrogens with zero attached hydrogens (tertiary/aromatic N) is 1. The first-order valence-electron chi connectivity index (χ1n) is 5.42. The Morgan fingerprint density at radius 3 is 2.42 bits per heavy atom. The van der Waals surface area contributed by atoms with Crippen LogP contribution in [0.25, 0.3) is 0 Å². The van der Waals surface area contributed by atoms with E-state index in [1.54, 1.807) is 24.3 Å². The Hall–Kier alpha value is -1.81. The highest BCUT2D eigenvalue weighted by atomic mass is 35.5. The van der Waals surface area contributed by atoms with Crippen molar-refractivity contribution in [1.29, 1.82) is 0 Å². The summed E-state index contributed by atoms with van der Waals surface area (Å²) in [5.74, 6) is 0. The third-order valence-electron chi connectivity index (χ3n) is 2.38. The molecule has 0 amide bonds. The number of hydrogen-bond acceptors (Lipinski definition) is 1. The standard InChI is InChI=1S/C14H9ClF3N/c15-12-5-1-3-10(7-12)9-19-13-6-2-4-11(8-13)14(16,17)18/h1-9H. The van der Waals surface area contributed by atoms with Gasteiger partial charge in [-0.05, 0) is 35.9 Å². The molecule has 98 valence electrons. The average molecular weight is 284 g/mol. The molecule has 0 heterocycles. The number of alkyl halides is 3. The molecule has 0 atom stereocenters. The first-order valence-corrected chi connectivity index (χ1v) is 5.80. The van der Waals surface area contributed by atoms with Gasteiger partial charge in [-0.15, -0.1) is 0 Å². The molecule has 0 spiro atoms. The number of halogens is 4. The van der Waals surface area contributed by atoms with Gasteiger partial charge in [-0.25, -0.2) is 0 Å². The van der Waals surface area contributed by atoms with Crippen LogP contribution in [0.3, 0.4) is 0 Å². The van der Waals surface area contributed by atoms with E-state index >= 15 is 0 Å². The fourth-order valence-corrected chi connectivity index (χ4v) is 1.70. The van der Waals surface area contributed by atoms with Crippen LogP contribution in [0.2, 0.25) is 5.02 Å². The van der Waals surface area contributed by atoms with E-state index in [1.165, 1.54) is 18.3 Å². The topological polar surface area (TPSA) is 12.4 Å². The molecule has 0 saturated heterocycles. The van der Waals surface area contributed by atoms with Crippen molar-refractivity contribution in [1.82, 2.24) is 0 Å². The molecular weight excluding hydrogens is 275 g/mol. The van der Waals surface area contributed by atoms with Crippen LogP contribution in [-0.2, 0) is 6.18 Å². The van der Waals surface area contributed by atoms with Crippen LogP contribution < -0.4 is 0 Å². The molecule has 2 aromatic rings. The van der Waals surface area contributed by atoms with Crippen LogP contribution in [0.5, 0.6) is 0 Å². The molecule has 5 heteroatoms. The maximum atomic E-state index is 12.5. The van der Waals surface area contributed by atoms with Crippen LogP contribution in [0.15, 0.2) is 53.5 Å². The van der Waals surface area contributed by atoms with E-state index in [9.17, 15) is 13.2 Å². The Morgan fingerprint density at radius 1 is 1.00 bits per heavy atom. The molecule has 0 fully saturated rings. The lowest BCUT2D eigenvalue weighted by atomic mass is 10.2. The second kappa shape index (κ2) is 5.45. The number of hydrogen-bond donors (Lipinski definition) is 0. The summed E-state index contributed by atoms with van der Waals surface area (Å²) < 4.78 is 37.5. The van der Waals surface area contributed by atoms with Crippen LogP contribution in [0.4, 0.5) is 18.9 Å². The second-order valence-corrected chi connectivity index (χ2v) is 4.30. The highest BCUT2D eigenvalue weighted by Gasteiger charge is 2.30. The minimum absolute atomic E-state index is 0.245. The fourth-order valence-electron chi connectivity index (χ4n) is 1.50. The molecule has 0 unspecified atom stereocenters.